The summed E-state index contributed by atoms with van der Waals surface area (Å²) in [5, 5.41) is 8.26. The lowest BCUT2D eigenvalue weighted by Crippen LogP contribution is -2.67. The van der Waals surface area contributed by atoms with Crippen molar-refractivity contribution in [1.82, 2.24) is 10.2 Å². The van der Waals surface area contributed by atoms with Crippen molar-refractivity contribution in [2.45, 2.75) is 57.2 Å². The first-order chi connectivity index (χ1) is 14.4. The van der Waals surface area contributed by atoms with Crippen LogP contribution in [0.3, 0.4) is 0 Å². The van der Waals surface area contributed by atoms with Crippen LogP contribution in [0.15, 0.2) is 35.7 Å². The Balaban J connectivity index is 1.56. The molecule has 1 aliphatic carbocycles. The summed E-state index contributed by atoms with van der Waals surface area (Å²) in [6.07, 6.45) is 3.62. The maximum Gasteiger partial charge on any atom is 0.264 e. The fourth-order valence-electron chi connectivity index (χ4n) is 4.32. The summed E-state index contributed by atoms with van der Waals surface area (Å²) in [5.41, 5.74) is 1.48. The van der Waals surface area contributed by atoms with Gasteiger partial charge in [-0.1, -0.05) is 36.6 Å². The van der Waals surface area contributed by atoms with Gasteiger partial charge in [-0.25, -0.2) is 0 Å². The van der Waals surface area contributed by atoms with Crippen LogP contribution in [0.25, 0.3) is 0 Å². The lowest BCUT2D eigenvalue weighted by Gasteiger charge is -2.47. The van der Waals surface area contributed by atoms with Gasteiger partial charge in [-0.15, -0.1) is 11.3 Å². The number of fused-ring (bicyclic) bond motifs is 1. The first-order valence-electron chi connectivity index (χ1n) is 10.2. The number of aryl methyl sites for hydroxylation is 1. The number of thiophene rings is 1. The third-order valence-corrected chi connectivity index (χ3v) is 7.12. The van der Waals surface area contributed by atoms with Gasteiger partial charge in [0.25, 0.3) is 5.91 Å². The first-order valence-corrected chi connectivity index (χ1v) is 11.4. The summed E-state index contributed by atoms with van der Waals surface area (Å²) >= 11 is 7.50. The van der Waals surface area contributed by atoms with Gasteiger partial charge in [-0.3, -0.25) is 14.4 Å². The van der Waals surface area contributed by atoms with Crippen molar-refractivity contribution in [3.05, 3.63) is 51.2 Å². The summed E-state index contributed by atoms with van der Waals surface area (Å²) in [4.78, 5) is 41.2. The second kappa shape index (κ2) is 8.78. The molecule has 3 atom stereocenters. The normalized spacial score (nSPS) is 23.5. The molecule has 2 aliphatic rings. The monoisotopic (exact) mass is 445 g/mol. The van der Waals surface area contributed by atoms with Crippen molar-refractivity contribution in [2.24, 2.45) is 0 Å². The quantitative estimate of drug-likeness (QED) is 0.746. The van der Waals surface area contributed by atoms with Crippen molar-refractivity contribution in [2.75, 3.05) is 5.32 Å². The molecule has 1 aromatic carbocycles. The molecular formula is C22H24ClN3O3S. The van der Waals surface area contributed by atoms with Gasteiger partial charge in [0.1, 0.15) is 6.04 Å². The number of carbonyl (C=O) groups excluding carboxylic acids is 3. The summed E-state index contributed by atoms with van der Waals surface area (Å²) in [7, 11) is 0. The van der Waals surface area contributed by atoms with E-state index in [1.165, 1.54) is 11.3 Å². The Morgan fingerprint density at radius 3 is 2.80 bits per heavy atom. The second-order valence-corrected chi connectivity index (χ2v) is 9.24. The zero-order valence-corrected chi connectivity index (χ0v) is 18.3. The number of nitrogens with zero attached hydrogens (tertiary/aromatic N) is 1. The maximum absolute atomic E-state index is 13.3. The minimum Gasteiger partial charge on any atom is -0.349 e. The number of rotatable bonds is 4. The summed E-state index contributed by atoms with van der Waals surface area (Å²) in [6, 6.07) is 7.90. The number of anilines is 1. The molecule has 8 heteroatoms. The molecule has 6 nitrogen and oxygen atoms in total. The third kappa shape index (κ3) is 4.23. The predicted octanol–water partition coefficient (Wildman–Crippen LogP) is 3.99. The molecule has 2 heterocycles. The Morgan fingerprint density at radius 1 is 1.27 bits per heavy atom. The van der Waals surface area contributed by atoms with Gasteiger partial charge >= 0.3 is 0 Å². The van der Waals surface area contributed by atoms with Crippen molar-refractivity contribution < 1.29 is 14.4 Å². The second-order valence-electron chi connectivity index (χ2n) is 7.89. The van der Waals surface area contributed by atoms with Crippen LogP contribution < -0.4 is 10.6 Å². The highest BCUT2D eigenvalue weighted by Gasteiger charge is 2.46. The van der Waals surface area contributed by atoms with Crippen LogP contribution >= 0.6 is 22.9 Å². The van der Waals surface area contributed by atoms with E-state index >= 15 is 0 Å². The molecule has 1 aromatic heterocycles. The molecule has 2 N–H and O–H groups in total. The van der Waals surface area contributed by atoms with E-state index < -0.39 is 6.04 Å². The Bertz CT molecular complexity index is 963. The van der Waals surface area contributed by atoms with Crippen LogP contribution in [0.2, 0.25) is 5.02 Å². The Morgan fingerprint density at radius 2 is 2.07 bits per heavy atom. The molecule has 0 spiro atoms. The van der Waals surface area contributed by atoms with Crippen LogP contribution in [0.5, 0.6) is 0 Å². The average Bonchev–Trinajstić information content (AvgIpc) is 3.26. The first kappa shape index (κ1) is 20.9. The molecule has 0 radical (unpaired) electrons. The SMILES string of the molecule is Cc1ccc(NC(=O)C[C@@H]2C(=O)N[C@H]3CCCC[C@H]3N2C(=O)c2cccs2)cc1Cl. The minimum atomic E-state index is -0.833. The molecule has 0 bridgehead atoms. The fourth-order valence-corrected chi connectivity index (χ4v) is 5.17. The number of carbonyl (C=O) groups is 3. The highest BCUT2D eigenvalue weighted by atomic mass is 35.5. The van der Waals surface area contributed by atoms with E-state index in [4.69, 9.17) is 11.6 Å². The highest BCUT2D eigenvalue weighted by molar-refractivity contribution is 7.12. The molecule has 158 valence electrons. The molecular weight excluding hydrogens is 422 g/mol. The lowest BCUT2D eigenvalue weighted by atomic mass is 9.85. The smallest absolute Gasteiger partial charge is 0.264 e. The summed E-state index contributed by atoms with van der Waals surface area (Å²) in [5.74, 6) is -0.763. The van der Waals surface area contributed by atoms with Crippen molar-refractivity contribution in [1.29, 1.82) is 0 Å². The van der Waals surface area contributed by atoms with Crippen LogP contribution in [-0.2, 0) is 9.59 Å². The predicted molar refractivity (Wildman–Crippen MR) is 118 cm³/mol. The van der Waals surface area contributed by atoms with Crippen molar-refractivity contribution >= 4 is 46.3 Å². The average molecular weight is 446 g/mol. The number of nitrogens with one attached hydrogen (secondary N) is 2. The number of piperazine rings is 1. The molecule has 2 aromatic rings. The van der Waals surface area contributed by atoms with E-state index in [1.54, 1.807) is 23.1 Å². The Kier molecular flexibility index (Phi) is 6.11. The highest BCUT2D eigenvalue weighted by Crippen LogP contribution is 2.31. The largest absolute Gasteiger partial charge is 0.349 e. The van der Waals surface area contributed by atoms with E-state index in [2.05, 4.69) is 10.6 Å². The van der Waals surface area contributed by atoms with E-state index in [0.717, 1.165) is 31.2 Å². The van der Waals surface area contributed by atoms with Gasteiger partial charge in [-0.05, 0) is 48.9 Å². The van der Waals surface area contributed by atoms with Gasteiger partial charge in [-0.2, -0.15) is 0 Å². The van der Waals surface area contributed by atoms with E-state index in [9.17, 15) is 14.4 Å². The zero-order valence-electron chi connectivity index (χ0n) is 16.7. The zero-order chi connectivity index (χ0) is 21.3. The maximum atomic E-state index is 13.3. The number of hydrogen-bond acceptors (Lipinski definition) is 4. The van der Waals surface area contributed by atoms with Crippen LogP contribution in [0.1, 0.15) is 47.3 Å². The van der Waals surface area contributed by atoms with E-state index in [0.29, 0.717) is 15.6 Å². The van der Waals surface area contributed by atoms with Gasteiger partial charge in [0, 0.05) is 16.8 Å². The summed E-state index contributed by atoms with van der Waals surface area (Å²) in [6.45, 7) is 1.88. The Hall–Kier alpha value is -2.38. The van der Waals surface area contributed by atoms with Crippen molar-refractivity contribution in [3.63, 3.8) is 0 Å². The minimum absolute atomic E-state index is 0.0506. The molecule has 30 heavy (non-hydrogen) atoms. The molecule has 1 saturated heterocycles. The topological polar surface area (TPSA) is 78.5 Å². The fraction of sp³-hybridized carbons (Fsp3) is 0.409. The molecule has 4 rings (SSSR count). The molecule has 1 saturated carbocycles. The molecule has 0 unspecified atom stereocenters. The Labute approximate surface area is 184 Å². The number of halogens is 1. The van der Waals surface area contributed by atoms with Crippen LogP contribution in [-0.4, -0.2) is 40.7 Å². The van der Waals surface area contributed by atoms with Gasteiger partial charge in [0.2, 0.25) is 11.8 Å². The van der Waals surface area contributed by atoms with Gasteiger partial charge in [0.05, 0.1) is 17.3 Å². The summed E-state index contributed by atoms with van der Waals surface area (Å²) < 4.78 is 0. The number of benzene rings is 1. The standard InChI is InChI=1S/C22H24ClN3O3S/c1-13-8-9-14(11-15(13)23)24-20(27)12-18-21(28)25-16-5-2-3-6-17(16)26(18)22(29)19-7-4-10-30-19/h4,7-11,16-18H,2-3,5-6,12H2,1H3,(H,24,27)(H,25,28)/t16-,17+,18+/m0/s1. The molecule has 2 fully saturated rings. The number of amides is 3. The van der Waals surface area contributed by atoms with Crippen molar-refractivity contribution in [3.8, 4) is 0 Å². The third-order valence-electron chi connectivity index (χ3n) is 5.85. The molecule has 3 amide bonds. The van der Waals surface area contributed by atoms with Crippen LogP contribution in [0, 0.1) is 6.92 Å². The van der Waals surface area contributed by atoms with Gasteiger partial charge in [0.15, 0.2) is 0 Å². The van der Waals surface area contributed by atoms with Gasteiger partial charge < -0.3 is 15.5 Å². The molecule has 1 aliphatic heterocycles. The van der Waals surface area contributed by atoms with E-state index in [1.807, 2.05) is 24.4 Å². The number of hydrogen-bond donors (Lipinski definition) is 2. The lowest BCUT2D eigenvalue weighted by molar-refractivity contribution is -0.135. The van der Waals surface area contributed by atoms with E-state index in [-0.39, 0.29) is 36.2 Å². The van der Waals surface area contributed by atoms with Crippen LogP contribution in [0.4, 0.5) is 5.69 Å².